The fourth-order valence-electron chi connectivity index (χ4n) is 13.3. The zero-order valence-corrected chi connectivity index (χ0v) is 37.1. The van der Waals surface area contributed by atoms with E-state index in [2.05, 4.69) is 197 Å². The summed E-state index contributed by atoms with van der Waals surface area (Å²) in [5.74, 6) is 0. The zero-order chi connectivity index (χ0) is 44.6. The van der Waals surface area contributed by atoms with Crippen LogP contribution < -0.4 is 16.4 Å². The van der Waals surface area contributed by atoms with Gasteiger partial charge in [-0.15, -0.1) is 0 Å². The van der Waals surface area contributed by atoms with Crippen LogP contribution in [-0.2, 0) is 0 Å². The van der Waals surface area contributed by atoms with Gasteiger partial charge in [-0.3, -0.25) is 9.97 Å². The lowest BCUT2D eigenvalue weighted by Gasteiger charge is -2.34. The number of rotatable bonds is 2. The minimum absolute atomic E-state index is 0.0766. The molecule has 6 heterocycles. The quantitative estimate of drug-likeness (QED) is 0.128. The maximum Gasteiger partial charge on any atom is 0.252 e. The Morgan fingerprint density at radius 2 is 0.826 bits per heavy atom. The first-order valence-corrected chi connectivity index (χ1v) is 23.9. The molecule has 0 saturated carbocycles. The maximum atomic E-state index is 4.99. The molecule has 0 atom stereocenters. The molecular weight excluding hydrogens is 836 g/mol. The highest BCUT2D eigenvalue weighted by molar-refractivity contribution is 7.00. The number of aromatic nitrogens is 4. The van der Waals surface area contributed by atoms with Gasteiger partial charge in [-0.25, -0.2) is 0 Å². The summed E-state index contributed by atoms with van der Waals surface area (Å²) in [6, 6.07) is 74.9. The molecule has 0 spiro atoms. The van der Waals surface area contributed by atoms with Crippen LogP contribution in [0.15, 0.2) is 213 Å². The lowest BCUT2D eigenvalue weighted by Crippen LogP contribution is -2.59. The first kappa shape index (κ1) is 36.1. The van der Waals surface area contributed by atoms with Crippen molar-refractivity contribution in [3.8, 4) is 33.9 Å². The number of benzene rings is 11. The standard InChI is InChI=1S/C64H35BN4/c1-3-18-42-38(14-1)41-17-6-8-21-45(41)59-46(42)27-28-47-60-58-44-20-7-5-16-40(44)39-15-2-4-19-43(39)49(58)35-52-64(60)69(63(47)59)57-25-13-24-56-61(57)65(52)51-34-37(54-23-10-12-31-67-54)33-50-48-32-36(53-22-9-11-30-66-53)26-29-55(48)68(56)62(50)51/h1-35H. The number of fused-ring (bicyclic) bond motifs is 24. The molecule has 4 aromatic heterocycles. The molecule has 0 radical (unpaired) electrons. The maximum absolute atomic E-state index is 4.99. The molecule has 0 amide bonds. The van der Waals surface area contributed by atoms with E-state index < -0.39 is 0 Å². The highest BCUT2D eigenvalue weighted by Crippen LogP contribution is 2.49. The van der Waals surface area contributed by atoms with Gasteiger partial charge in [-0.1, -0.05) is 146 Å². The molecule has 2 aliphatic rings. The molecule has 0 saturated heterocycles. The SMILES string of the molecule is c1ccc(-c2ccc3c(c2)c2cc(-c4ccccn4)cc4c2n3-c2cccc3c2B4c2cc4c5ccccc5c5ccccc5c4c4c5ccc6c7ccccc7c7ccccc7c6c5n-3c24)nc1. The summed E-state index contributed by atoms with van der Waals surface area (Å²) in [6.45, 7) is -0.0766. The summed E-state index contributed by atoms with van der Waals surface area (Å²) in [5.41, 5.74) is 15.5. The van der Waals surface area contributed by atoms with E-state index in [0.29, 0.717) is 0 Å². The van der Waals surface area contributed by atoms with Crippen molar-refractivity contribution in [1.29, 1.82) is 0 Å². The molecule has 0 fully saturated rings. The Morgan fingerprint density at radius 3 is 1.48 bits per heavy atom. The third-order valence-electron chi connectivity index (χ3n) is 15.9. The van der Waals surface area contributed by atoms with Crippen molar-refractivity contribution in [3.63, 3.8) is 0 Å². The van der Waals surface area contributed by atoms with Crippen molar-refractivity contribution in [1.82, 2.24) is 19.1 Å². The summed E-state index contributed by atoms with van der Waals surface area (Å²) in [4.78, 5) is 9.80. The molecule has 17 rings (SSSR count). The molecular formula is C64H35BN4. The van der Waals surface area contributed by atoms with Crippen molar-refractivity contribution in [2.24, 2.45) is 0 Å². The molecule has 11 aromatic carbocycles. The Hall–Kier alpha value is -9.06. The highest BCUT2D eigenvalue weighted by Gasteiger charge is 2.42. The van der Waals surface area contributed by atoms with Crippen molar-refractivity contribution in [2.45, 2.75) is 0 Å². The summed E-state index contributed by atoms with van der Waals surface area (Å²) in [6.07, 6.45) is 3.80. The molecule has 15 aromatic rings. The van der Waals surface area contributed by atoms with E-state index in [1.807, 2.05) is 24.5 Å². The Labute approximate surface area is 395 Å². The Bertz CT molecular complexity index is 4800. The minimum atomic E-state index is -0.0766. The van der Waals surface area contributed by atoms with Gasteiger partial charge in [0.25, 0.3) is 6.71 Å². The summed E-state index contributed by atoms with van der Waals surface area (Å²) < 4.78 is 5.26. The van der Waals surface area contributed by atoms with Crippen LogP contribution >= 0.6 is 0 Å². The van der Waals surface area contributed by atoms with E-state index in [4.69, 9.17) is 9.97 Å². The molecule has 2 aliphatic heterocycles. The van der Waals surface area contributed by atoms with Crippen LogP contribution in [0.3, 0.4) is 0 Å². The van der Waals surface area contributed by atoms with E-state index in [9.17, 15) is 0 Å². The van der Waals surface area contributed by atoms with E-state index in [1.54, 1.807) is 0 Å². The summed E-state index contributed by atoms with van der Waals surface area (Å²) in [7, 11) is 0. The van der Waals surface area contributed by atoms with Gasteiger partial charge in [0.15, 0.2) is 0 Å². The monoisotopic (exact) mass is 870 g/mol. The molecule has 4 nitrogen and oxygen atoms in total. The molecule has 5 heteroatoms. The third-order valence-corrected chi connectivity index (χ3v) is 15.9. The van der Waals surface area contributed by atoms with Crippen molar-refractivity contribution in [3.05, 3.63) is 213 Å². The van der Waals surface area contributed by atoms with E-state index in [-0.39, 0.29) is 6.71 Å². The van der Waals surface area contributed by atoms with Gasteiger partial charge in [0.05, 0.1) is 27.9 Å². The van der Waals surface area contributed by atoms with Crippen LogP contribution in [0.25, 0.3) is 142 Å². The Morgan fingerprint density at radius 1 is 0.304 bits per heavy atom. The topological polar surface area (TPSA) is 35.6 Å². The number of hydrogen-bond donors (Lipinski definition) is 0. The lowest BCUT2D eigenvalue weighted by molar-refractivity contribution is 1.15. The van der Waals surface area contributed by atoms with Gasteiger partial charge in [-0.05, 0) is 125 Å². The highest BCUT2D eigenvalue weighted by atomic mass is 15.0. The van der Waals surface area contributed by atoms with Crippen LogP contribution in [0.5, 0.6) is 0 Å². The molecule has 0 bridgehead atoms. The van der Waals surface area contributed by atoms with Gasteiger partial charge in [-0.2, -0.15) is 0 Å². The van der Waals surface area contributed by atoms with E-state index in [0.717, 1.165) is 22.5 Å². The van der Waals surface area contributed by atoms with Crippen molar-refractivity contribution in [2.75, 3.05) is 0 Å². The third kappa shape index (κ3) is 4.46. The average Bonchev–Trinajstić information content (AvgIpc) is 3.95. The van der Waals surface area contributed by atoms with Crippen molar-refractivity contribution < 1.29 is 0 Å². The molecule has 0 unspecified atom stereocenters. The van der Waals surface area contributed by atoms with Gasteiger partial charge in [0.2, 0.25) is 0 Å². The van der Waals surface area contributed by atoms with Crippen LogP contribution in [0.2, 0.25) is 0 Å². The normalized spacial score (nSPS) is 12.9. The lowest BCUT2D eigenvalue weighted by atomic mass is 9.34. The molecule has 0 aliphatic carbocycles. The average molecular weight is 871 g/mol. The Kier molecular flexibility index (Phi) is 6.74. The number of nitrogens with zero attached hydrogens (tertiary/aromatic N) is 4. The largest absolute Gasteiger partial charge is 0.310 e. The van der Waals surface area contributed by atoms with Gasteiger partial charge < -0.3 is 9.13 Å². The second kappa shape index (κ2) is 12.9. The predicted octanol–water partition coefficient (Wildman–Crippen LogP) is 14.1. The fourth-order valence-corrected chi connectivity index (χ4v) is 13.3. The van der Waals surface area contributed by atoms with Crippen LogP contribution in [0, 0.1) is 0 Å². The van der Waals surface area contributed by atoms with Crippen LogP contribution in [0.4, 0.5) is 0 Å². The molecule has 69 heavy (non-hydrogen) atoms. The van der Waals surface area contributed by atoms with Crippen LogP contribution in [0.1, 0.15) is 0 Å². The number of hydrogen-bond acceptors (Lipinski definition) is 2. The Balaban J connectivity index is 1.13. The first-order valence-electron chi connectivity index (χ1n) is 23.9. The molecule has 0 N–H and O–H groups in total. The second-order valence-corrected chi connectivity index (χ2v) is 19.1. The first-order chi connectivity index (χ1) is 34.3. The van der Waals surface area contributed by atoms with E-state index >= 15 is 0 Å². The van der Waals surface area contributed by atoms with E-state index in [1.165, 1.54) is 136 Å². The van der Waals surface area contributed by atoms with Gasteiger partial charge >= 0.3 is 0 Å². The van der Waals surface area contributed by atoms with Crippen molar-refractivity contribution >= 4 is 131 Å². The predicted molar refractivity (Wildman–Crippen MR) is 291 cm³/mol. The summed E-state index contributed by atoms with van der Waals surface area (Å²) >= 11 is 0. The summed E-state index contributed by atoms with van der Waals surface area (Å²) in [5, 5.41) is 20.4. The molecule has 314 valence electrons. The van der Waals surface area contributed by atoms with Gasteiger partial charge in [0.1, 0.15) is 0 Å². The smallest absolute Gasteiger partial charge is 0.252 e. The fraction of sp³-hybridized carbons (Fsp3) is 0. The van der Waals surface area contributed by atoms with Crippen LogP contribution in [-0.4, -0.2) is 25.8 Å². The second-order valence-electron chi connectivity index (χ2n) is 19.1. The number of pyridine rings is 2. The minimum Gasteiger partial charge on any atom is -0.310 e. The van der Waals surface area contributed by atoms with Gasteiger partial charge in [0, 0.05) is 72.7 Å². The zero-order valence-electron chi connectivity index (χ0n) is 37.1.